The third-order valence-corrected chi connectivity index (χ3v) is 3.80. The van der Waals surface area contributed by atoms with Crippen molar-refractivity contribution < 1.29 is 8.42 Å². The Morgan fingerprint density at radius 2 is 1.93 bits per heavy atom. The highest BCUT2D eigenvalue weighted by molar-refractivity contribution is 7.91. The Balaban J connectivity index is 3.07. The Bertz CT molecular complexity index is 447. The minimum absolute atomic E-state index is 0.0532. The molecule has 1 rings (SSSR count). The molecule has 0 spiro atoms. The van der Waals surface area contributed by atoms with Crippen LogP contribution in [-0.4, -0.2) is 19.2 Å². The minimum Gasteiger partial charge on any atom is -0.384 e. The van der Waals surface area contributed by atoms with Crippen LogP contribution in [0.4, 0.5) is 5.82 Å². The number of rotatable bonds is 2. The number of aromatic nitrogens is 1. The SMILES string of the molecule is CC(C)(C)CS(=O)(=O)c1cccc(N)n1. The lowest BCUT2D eigenvalue weighted by Crippen LogP contribution is -2.21. The Morgan fingerprint density at radius 1 is 1.33 bits per heavy atom. The quantitative estimate of drug-likeness (QED) is 0.832. The molecule has 0 radical (unpaired) electrons. The molecular formula is C10H16N2O2S. The van der Waals surface area contributed by atoms with Gasteiger partial charge in [-0.15, -0.1) is 0 Å². The van der Waals surface area contributed by atoms with Gasteiger partial charge in [0.2, 0.25) is 0 Å². The first-order valence-corrected chi connectivity index (χ1v) is 6.31. The van der Waals surface area contributed by atoms with Crippen molar-refractivity contribution in [2.45, 2.75) is 25.8 Å². The van der Waals surface area contributed by atoms with Crippen LogP contribution >= 0.6 is 0 Å². The Labute approximate surface area is 90.4 Å². The van der Waals surface area contributed by atoms with Crippen LogP contribution in [0.15, 0.2) is 23.2 Å². The molecular weight excluding hydrogens is 212 g/mol. The largest absolute Gasteiger partial charge is 0.384 e. The van der Waals surface area contributed by atoms with E-state index in [2.05, 4.69) is 4.98 Å². The molecule has 0 aliphatic carbocycles. The fourth-order valence-corrected chi connectivity index (χ4v) is 3.07. The van der Waals surface area contributed by atoms with Crippen molar-refractivity contribution in [3.63, 3.8) is 0 Å². The monoisotopic (exact) mass is 228 g/mol. The molecule has 0 atom stereocenters. The van der Waals surface area contributed by atoms with Gasteiger partial charge in [0.15, 0.2) is 14.9 Å². The summed E-state index contributed by atoms with van der Waals surface area (Å²) in [6, 6.07) is 4.63. The topological polar surface area (TPSA) is 73.0 Å². The number of nitrogen functional groups attached to an aromatic ring is 1. The minimum atomic E-state index is -3.33. The van der Waals surface area contributed by atoms with E-state index in [-0.39, 0.29) is 22.0 Å². The van der Waals surface area contributed by atoms with Crippen molar-refractivity contribution in [1.29, 1.82) is 0 Å². The van der Waals surface area contributed by atoms with Gasteiger partial charge in [-0.3, -0.25) is 0 Å². The Hall–Kier alpha value is -1.10. The third kappa shape index (κ3) is 3.51. The van der Waals surface area contributed by atoms with E-state index < -0.39 is 9.84 Å². The predicted molar refractivity (Wildman–Crippen MR) is 60.2 cm³/mol. The zero-order chi connectivity index (χ0) is 11.7. The molecule has 0 fully saturated rings. The number of anilines is 1. The predicted octanol–water partition coefficient (Wildman–Crippen LogP) is 1.48. The molecule has 0 amide bonds. The smallest absolute Gasteiger partial charge is 0.196 e. The van der Waals surface area contributed by atoms with Gasteiger partial charge in [0.05, 0.1) is 5.75 Å². The zero-order valence-corrected chi connectivity index (χ0v) is 10.0. The number of hydrogen-bond donors (Lipinski definition) is 1. The molecule has 0 saturated carbocycles. The van der Waals surface area contributed by atoms with Crippen LogP contribution in [0.3, 0.4) is 0 Å². The number of pyridine rings is 1. The number of hydrogen-bond acceptors (Lipinski definition) is 4. The maximum absolute atomic E-state index is 11.9. The van der Waals surface area contributed by atoms with E-state index in [4.69, 9.17) is 5.73 Å². The molecule has 0 aliphatic heterocycles. The van der Waals surface area contributed by atoms with Gasteiger partial charge in [0, 0.05) is 0 Å². The van der Waals surface area contributed by atoms with Crippen molar-refractivity contribution >= 4 is 15.7 Å². The molecule has 1 aromatic heterocycles. The van der Waals surface area contributed by atoms with E-state index in [1.165, 1.54) is 6.07 Å². The summed E-state index contributed by atoms with van der Waals surface area (Å²) in [5.41, 5.74) is 5.16. The van der Waals surface area contributed by atoms with E-state index in [0.717, 1.165) is 0 Å². The number of nitrogens with two attached hydrogens (primary N) is 1. The van der Waals surface area contributed by atoms with E-state index in [1.807, 2.05) is 20.8 Å². The summed E-state index contributed by atoms with van der Waals surface area (Å²) in [6.45, 7) is 5.62. The normalized spacial score (nSPS) is 12.7. The molecule has 0 aliphatic rings. The summed E-state index contributed by atoms with van der Waals surface area (Å²) in [5, 5.41) is 0.0532. The Kier molecular flexibility index (Phi) is 3.04. The summed E-state index contributed by atoms with van der Waals surface area (Å²) < 4.78 is 23.8. The zero-order valence-electron chi connectivity index (χ0n) is 9.19. The molecule has 2 N–H and O–H groups in total. The van der Waals surface area contributed by atoms with Crippen molar-refractivity contribution in [3.8, 4) is 0 Å². The molecule has 84 valence electrons. The van der Waals surface area contributed by atoms with E-state index >= 15 is 0 Å². The van der Waals surface area contributed by atoms with Crippen LogP contribution in [0.5, 0.6) is 0 Å². The van der Waals surface area contributed by atoms with Crippen LogP contribution in [-0.2, 0) is 9.84 Å². The van der Waals surface area contributed by atoms with Gasteiger partial charge in [0.25, 0.3) is 0 Å². The summed E-state index contributed by atoms with van der Waals surface area (Å²) in [6.07, 6.45) is 0. The summed E-state index contributed by atoms with van der Waals surface area (Å²) in [7, 11) is -3.33. The highest BCUT2D eigenvalue weighted by atomic mass is 32.2. The van der Waals surface area contributed by atoms with Crippen LogP contribution < -0.4 is 5.73 Å². The van der Waals surface area contributed by atoms with E-state index in [0.29, 0.717) is 0 Å². The summed E-state index contributed by atoms with van der Waals surface area (Å²) in [4.78, 5) is 3.82. The van der Waals surface area contributed by atoms with E-state index in [1.54, 1.807) is 12.1 Å². The van der Waals surface area contributed by atoms with Crippen LogP contribution in [0, 0.1) is 5.41 Å². The van der Waals surface area contributed by atoms with Gasteiger partial charge in [0.1, 0.15) is 5.82 Å². The second-order valence-electron chi connectivity index (χ2n) is 4.72. The lowest BCUT2D eigenvalue weighted by Gasteiger charge is -2.17. The van der Waals surface area contributed by atoms with Gasteiger partial charge in [-0.1, -0.05) is 26.8 Å². The molecule has 0 unspecified atom stereocenters. The first-order valence-electron chi connectivity index (χ1n) is 4.66. The van der Waals surface area contributed by atoms with Gasteiger partial charge < -0.3 is 5.73 Å². The summed E-state index contributed by atoms with van der Waals surface area (Å²) in [5.74, 6) is 0.293. The Morgan fingerprint density at radius 3 is 2.40 bits per heavy atom. The van der Waals surface area contributed by atoms with Gasteiger partial charge >= 0.3 is 0 Å². The standard InChI is InChI=1S/C10H16N2O2S/c1-10(2,3)7-15(13,14)9-6-4-5-8(11)12-9/h4-6H,7H2,1-3H3,(H2,11,12). The fraction of sp³-hybridized carbons (Fsp3) is 0.500. The first-order chi connectivity index (χ1) is 6.71. The van der Waals surface area contributed by atoms with Gasteiger partial charge in [-0.05, 0) is 17.5 Å². The van der Waals surface area contributed by atoms with E-state index in [9.17, 15) is 8.42 Å². The second kappa shape index (κ2) is 3.81. The molecule has 1 aromatic rings. The maximum Gasteiger partial charge on any atom is 0.196 e. The average Bonchev–Trinajstić information content (AvgIpc) is 1.99. The molecule has 0 bridgehead atoms. The highest BCUT2D eigenvalue weighted by Gasteiger charge is 2.24. The van der Waals surface area contributed by atoms with Gasteiger partial charge in [-0.25, -0.2) is 13.4 Å². The molecule has 5 heteroatoms. The van der Waals surface area contributed by atoms with Gasteiger partial charge in [-0.2, -0.15) is 0 Å². The second-order valence-corrected chi connectivity index (χ2v) is 6.66. The van der Waals surface area contributed by atoms with Crippen molar-refractivity contribution in [1.82, 2.24) is 4.98 Å². The van der Waals surface area contributed by atoms with Crippen molar-refractivity contribution in [3.05, 3.63) is 18.2 Å². The molecule has 4 nitrogen and oxygen atoms in total. The van der Waals surface area contributed by atoms with Crippen LogP contribution in [0.2, 0.25) is 0 Å². The third-order valence-electron chi connectivity index (χ3n) is 1.69. The van der Waals surface area contributed by atoms with Crippen LogP contribution in [0.25, 0.3) is 0 Å². The van der Waals surface area contributed by atoms with Crippen LogP contribution in [0.1, 0.15) is 20.8 Å². The molecule has 0 aromatic carbocycles. The first kappa shape index (κ1) is 12.0. The lowest BCUT2D eigenvalue weighted by molar-refractivity contribution is 0.461. The fourth-order valence-electron chi connectivity index (χ4n) is 1.25. The lowest BCUT2D eigenvalue weighted by atomic mass is 10.0. The van der Waals surface area contributed by atoms with Crippen molar-refractivity contribution in [2.75, 3.05) is 11.5 Å². The maximum atomic E-state index is 11.9. The molecule has 15 heavy (non-hydrogen) atoms. The number of sulfone groups is 1. The number of nitrogens with zero attached hydrogens (tertiary/aromatic N) is 1. The highest BCUT2D eigenvalue weighted by Crippen LogP contribution is 2.21. The molecule has 1 heterocycles. The summed E-state index contributed by atoms with van der Waals surface area (Å²) >= 11 is 0. The van der Waals surface area contributed by atoms with Crippen molar-refractivity contribution in [2.24, 2.45) is 5.41 Å². The molecule has 0 saturated heterocycles. The average molecular weight is 228 g/mol.